The van der Waals surface area contributed by atoms with E-state index in [-0.39, 0.29) is 17.4 Å². The van der Waals surface area contributed by atoms with E-state index in [1.807, 2.05) is 0 Å². The van der Waals surface area contributed by atoms with Gasteiger partial charge in [0, 0.05) is 23.2 Å². The van der Waals surface area contributed by atoms with Crippen molar-refractivity contribution in [3.8, 4) is 0 Å². The van der Waals surface area contributed by atoms with Gasteiger partial charge in [0.2, 0.25) is 11.6 Å². The Kier molecular flexibility index (Phi) is 8.80. The van der Waals surface area contributed by atoms with E-state index in [4.69, 9.17) is 0 Å². The molecule has 2 atom stereocenters. The van der Waals surface area contributed by atoms with E-state index in [0.29, 0.717) is 11.6 Å². The molecule has 2 unspecified atom stereocenters. The number of Topliss-reactive ketones (excluding diaryl/α,β-unsaturated/α-hetero) is 3. The van der Waals surface area contributed by atoms with Gasteiger partial charge in [-0.1, -0.05) is 95.4 Å². The van der Waals surface area contributed by atoms with Crippen LogP contribution < -0.4 is 5.32 Å². The molecule has 0 spiro atoms. The minimum absolute atomic E-state index is 0.175. The first kappa shape index (κ1) is 22.9. The predicted molar refractivity (Wildman–Crippen MR) is 120 cm³/mol. The number of benzene rings is 1. The highest BCUT2D eigenvalue weighted by molar-refractivity contribution is 6.52. The van der Waals surface area contributed by atoms with Gasteiger partial charge in [0.1, 0.15) is 5.92 Å². The molecule has 0 aliphatic heterocycles. The number of unbranched alkanes of at least 4 members (excludes halogenated alkanes) is 6. The number of hydrogen-bond acceptors (Lipinski definition) is 4. The average molecular weight is 412 g/mol. The molecule has 164 valence electrons. The summed E-state index contributed by atoms with van der Waals surface area (Å²) in [6, 6.07) is 6.90. The Hall–Kier alpha value is -1.81. The number of fused-ring (bicyclic) bond motifs is 1. The molecule has 0 bridgehead atoms. The number of rotatable bonds is 11. The van der Waals surface area contributed by atoms with Crippen molar-refractivity contribution in [1.82, 2.24) is 5.32 Å². The van der Waals surface area contributed by atoms with Crippen LogP contribution in [0.15, 0.2) is 24.3 Å². The lowest BCUT2D eigenvalue weighted by Crippen LogP contribution is -2.52. The van der Waals surface area contributed by atoms with Crippen LogP contribution in [0.25, 0.3) is 0 Å². The summed E-state index contributed by atoms with van der Waals surface area (Å²) in [6.45, 7) is 2.22. The van der Waals surface area contributed by atoms with Crippen molar-refractivity contribution in [2.75, 3.05) is 0 Å². The first-order chi connectivity index (χ1) is 14.6. The quantitative estimate of drug-likeness (QED) is 0.289. The number of carbonyl (C=O) groups is 3. The number of hydrogen-bond donors (Lipinski definition) is 1. The molecule has 2 aliphatic rings. The molecule has 0 radical (unpaired) electrons. The second kappa shape index (κ2) is 11.5. The lowest BCUT2D eigenvalue weighted by atomic mass is 9.75. The zero-order valence-corrected chi connectivity index (χ0v) is 18.5. The Bertz CT molecular complexity index is 736. The Morgan fingerprint density at radius 3 is 2.17 bits per heavy atom. The zero-order chi connectivity index (χ0) is 21.3. The van der Waals surface area contributed by atoms with Gasteiger partial charge in [0.05, 0.1) is 0 Å². The van der Waals surface area contributed by atoms with Crippen molar-refractivity contribution in [2.45, 2.75) is 102 Å². The van der Waals surface area contributed by atoms with Crippen LogP contribution in [0.5, 0.6) is 0 Å². The highest BCUT2D eigenvalue weighted by Gasteiger charge is 2.44. The lowest BCUT2D eigenvalue weighted by molar-refractivity contribution is -0.118. The van der Waals surface area contributed by atoms with E-state index in [0.717, 1.165) is 32.1 Å². The molecule has 0 saturated heterocycles. The van der Waals surface area contributed by atoms with Gasteiger partial charge < -0.3 is 5.32 Å². The summed E-state index contributed by atoms with van der Waals surface area (Å²) in [5.74, 6) is -2.05. The Morgan fingerprint density at radius 2 is 1.47 bits per heavy atom. The van der Waals surface area contributed by atoms with Gasteiger partial charge in [-0.05, 0) is 19.3 Å². The standard InChI is InChI=1S/C26H37NO3/c1-2-3-4-5-6-7-11-18-22(27-19-14-9-8-10-15-19)23-24(28)20-16-12-13-17-21(20)25(29)26(23)30/h12-13,16-17,19,22-23,27H,2-11,14-15,18H2,1H3. The average Bonchev–Trinajstić information content (AvgIpc) is 2.77. The summed E-state index contributed by atoms with van der Waals surface area (Å²) in [5, 5.41) is 3.66. The summed E-state index contributed by atoms with van der Waals surface area (Å²) >= 11 is 0. The molecule has 0 aromatic heterocycles. The normalized spacial score (nSPS) is 21.0. The summed E-state index contributed by atoms with van der Waals surface area (Å²) in [6.07, 6.45) is 15.0. The van der Waals surface area contributed by atoms with Gasteiger partial charge in [-0.15, -0.1) is 0 Å². The molecule has 1 aromatic carbocycles. The van der Waals surface area contributed by atoms with Crippen molar-refractivity contribution in [2.24, 2.45) is 5.92 Å². The van der Waals surface area contributed by atoms with E-state index in [1.54, 1.807) is 24.3 Å². The Balaban J connectivity index is 1.69. The molecule has 0 amide bonds. The molecule has 1 fully saturated rings. The maximum absolute atomic E-state index is 13.2. The molecule has 4 nitrogen and oxygen atoms in total. The van der Waals surface area contributed by atoms with E-state index >= 15 is 0 Å². The maximum atomic E-state index is 13.2. The van der Waals surface area contributed by atoms with Crippen molar-refractivity contribution in [3.05, 3.63) is 35.4 Å². The molecule has 1 saturated carbocycles. The van der Waals surface area contributed by atoms with Crippen molar-refractivity contribution in [3.63, 3.8) is 0 Å². The third kappa shape index (κ3) is 5.66. The van der Waals surface area contributed by atoms with Crippen molar-refractivity contribution in [1.29, 1.82) is 0 Å². The summed E-state index contributed by atoms with van der Waals surface area (Å²) in [5.41, 5.74) is 0.693. The van der Waals surface area contributed by atoms with Crippen molar-refractivity contribution >= 4 is 17.3 Å². The highest BCUT2D eigenvalue weighted by Crippen LogP contribution is 2.29. The van der Waals surface area contributed by atoms with Crippen LogP contribution in [0.1, 0.15) is 111 Å². The van der Waals surface area contributed by atoms with E-state index in [9.17, 15) is 14.4 Å². The van der Waals surface area contributed by atoms with Crippen LogP contribution in [0.3, 0.4) is 0 Å². The van der Waals surface area contributed by atoms with Gasteiger partial charge in [0.25, 0.3) is 0 Å². The topological polar surface area (TPSA) is 63.2 Å². The van der Waals surface area contributed by atoms with Gasteiger partial charge in [-0.25, -0.2) is 0 Å². The van der Waals surface area contributed by atoms with E-state index < -0.39 is 17.5 Å². The smallest absolute Gasteiger partial charge is 0.230 e. The first-order valence-electron chi connectivity index (χ1n) is 12.1. The Morgan fingerprint density at radius 1 is 0.833 bits per heavy atom. The van der Waals surface area contributed by atoms with Crippen LogP contribution in [-0.4, -0.2) is 29.4 Å². The largest absolute Gasteiger partial charge is 0.310 e. The minimum Gasteiger partial charge on any atom is -0.310 e. The maximum Gasteiger partial charge on any atom is 0.230 e. The molecule has 30 heavy (non-hydrogen) atoms. The van der Waals surface area contributed by atoms with Gasteiger partial charge in [-0.3, -0.25) is 14.4 Å². The van der Waals surface area contributed by atoms with Crippen LogP contribution in [0.2, 0.25) is 0 Å². The molecule has 4 heteroatoms. The third-order valence-electron chi connectivity index (χ3n) is 6.80. The monoisotopic (exact) mass is 411 g/mol. The summed E-state index contributed by atoms with van der Waals surface area (Å²) < 4.78 is 0. The third-order valence-corrected chi connectivity index (χ3v) is 6.80. The number of nitrogens with one attached hydrogen (secondary N) is 1. The van der Waals surface area contributed by atoms with Crippen LogP contribution in [0, 0.1) is 5.92 Å². The van der Waals surface area contributed by atoms with Crippen molar-refractivity contribution < 1.29 is 14.4 Å². The molecule has 1 aromatic rings. The molecule has 0 heterocycles. The fraction of sp³-hybridized carbons (Fsp3) is 0.654. The second-order valence-electron chi connectivity index (χ2n) is 9.10. The SMILES string of the molecule is CCCCCCCCCC(NC1CCCCC1)C1C(=O)C(=O)c2ccccc2C1=O. The summed E-state index contributed by atoms with van der Waals surface area (Å²) in [7, 11) is 0. The first-order valence-corrected chi connectivity index (χ1v) is 12.1. The second-order valence-corrected chi connectivity index (χ2v) is 9.10. The Labute approximate surface area is 181 Å². The fourth-order valence-electron chi connectivity index (χ4n) is 5.06. The van der Waals surface area contributed by atoms with Crippen LogP contribution in [-0.2, 0) is 4.79 Å². The van der Waals surface area contributed by atoms with Gasteiger partial charge in [0.15, 0.2) is 5.78 Å². The highest BCUT2D eigenvalue weighted by atomic mass is 16.2. The number of carbonyl (C=O) groups excluding carboxylic acids is 3. The molecular weight excluding hydrogens is 374 g/mol. The van der Waals surface area contributed by atoms with Gasteiger partial charge >= 0.3 is 0 Å². The molecule has 3 rings (SSSR count). The molecule has 2 aliphatic carbocycles. The number of ketones is 3. The summed E-state index contributed by atoms with van der Waals surface area (Å²) in [4.78, 5) is 38.9. The van der Waals surface area contributed by atoms with E-state index in [2.05, 4.69) is 12.2 Å². The van der Waals surface area contributed by atoms with Crippen LogP contribution in [0.4, 0.5) is 0 Å². The lowest BCUT2D eigenvalue weighted by Gasteiger charge is -2.34. The molecular formula is C26H37NO3. The van der Waals surface area contributed by atoms with Gasteiger partial charge in [-0.2, -0.15) is 0 Å². The van der Waals surface area contributed by atoms with Crippen LogP contribution >= 0.6 is 0 Å². The molecule has 1 N–H and O–H groups in total. The van der Waals surface area contributed by atoms with E-state index in [1.165, 1.54) is 51.4 Å². The predicted octanol–water partition coefficient (Wildman–Crippen LogP) is 5.68. The minimum atomic E-state index is -0.866. The zero-order valence-electron chi connectivity index (χ0n) is 18.5. The fourth-order valence-corrected chi connectivity index (χ4v) is 5.06.